The predicted molar refractivity (Wildman–Crippen MR) is 88.2 cm³/mol. The van der Waals surface area contributed by atoms with Crippen LogP contribution < -0.4 is 10.1 Å². The van der Waals surface area contributed by atoms with Crippen molar-refractivity contribution in [1.82, 2.24) is 10.2 Å². The van der Waals surface area contributed by atoms with Crippen LogP contribution in [0.15, 0.2) is 24.3 Å². The molecule has 2 rings (SSSR count). The quantitative estimate of drug-likeness (QED) is 0.822. The first kappa shape index (κ1) is 16.7. The van der Waals surface area contributed by atoms with E-state index < -0.39 is 0 Å². The van der Waals surface area contributed by atoms with E-state index in [2.05, 4.69) is 5.32 Å². The molecule has 0 radical (unpaired) electrons. The summed E-state index contributed by atoms with van der Waals surface area (Å²) in [5.41, 5.74) is 1.17. The molecule has 0 unspecified atom stereocenters. The number of ether oxygens (including phenoxy) is 1. The number of methoxy groups -OCH3 is 1. The second kappa shape index (κ2) is 8.08. The van der Waals surface area contributed by atoms with Gasteiger partial charge in [-0.3, -0.25) is 9.59 Å². The van der Waals surface area contributed by atoms with Crippen molar-refractivity contribution in [1.29, 1.82) is 0 Å². The molecule has 1 heterocycles. The molecule has 120 valence electrons. The Morgan fingerprint density at radius 2 is 2.14 bits per heavy atom. The van der Waals surface area contributed by atoms with Crippen molar-refractivity contribution in [3.8, 4) is 5.75 Å². The lowest BCUT2D eigenvalue weighted by Crippen LogP contribution is -2.38. The van der Waals surface area contributed by atoms with Crippen LogP contribution in [-0.4, -0.2) is 55.0 Å². The molecule has 0 aliphatic carbocycles. The van der Waals surface area contributed by atoms with Gasteiger partial charge in [-0.1, -0.05) is 12.1 Å². The van der Waals surface area contributed by atoms with Gasteiger partial charge in [0.2, 0.25) is 11.8 Å². The molecule has 0 spiro atoms. The van der Waals surface area contributed by atoms with Crippen molar-refractivity contribution in [2.24, 2.45) is 0 Å². The fourth-order valence-electron chi connectivity index (χ4n) is 2.54. The number of carbonyl (C=O) groups is 2. The number of hydrogen-bond acceptors (Lipinski definition) is 4. The van der Waals surface area contributed by atoms with E-state index in [9.17, 15) is 9.59 Å². The average Bonchev–Trinajstić information content (AvgIpc) is 2.85. The highest BCUT2D eigenvalue weighted by Gasteiger charge is 2.29. The van der Waals surface area contributed by atoms with Crippen molar-refractivity contribution in [2.45, 2.75) is 18.9 Å². The third-order valence-corrected chi connectivity index (χ3v) is 4.24. The molecule has 1 aliphatic heterocycles. The van der Waals surface area contributed by atoms with Crippen LogP contribution in [0, 0.1) is 0 Å². The molecule has 1 saturated heterocycles. The molecule has 1 aliphatic rings. The molecule has 5 nitrogen and oxygen atoms in total. The molecule has 1 aromatic carbocycles. The van der Waals surface area contributed by atoms with Crippen molar-refractivity contribution in [3.63, 3.8) is 0 Å². The fraction of sp³-hybridized carbons (Fsp3) is 0.500. The summed E-state index contributed by atoms with van der Waals surface area (Å²) >= 11 is 1.48. The van der Waals surface area contributed by atoms with Crippen LogP contribution in [-0.2, 0) is 16.0 Å². The summed E-state index contributed by atoms with van der Waals surface area (Å²) in [6.45, 7) is 1.29. The molecule has 1 atom stereocenters. The minimum Gasteiger partial charge on any atom is -0.497 e. The number of hydrogen-bond donors (Lipinski definition) is 1. The summed E-state index contributed by atoms with van der Waals surface area (Å²) < 4.78 is 5.13. The van der Waals surface area contributed by atoms with E-state index in [1.54, 1.807) is 7.11 Å². The molecule has 0 bridgehead atoms. The summed E-state index contributed by atoms with van der Waals surface area (Å²) in [6, 6.07) is 7.82. The third kappa shape index (κ3) is 4.66. The van der Waals surface area contributed by atoms with Crippen molar-refractivity contribution < 1.29 is 14.3 Å². The summed E-state index contributed by atoms with van der Waals surface area (Å²) in [5.74, 6) is 1.39. The van der Waals surface area contributed by atoms with E-state index in [4.69, 9.17) is 4.74 Å². The van der Waals surface area contributed by atoms with E-state index >= 15 is 0 Å². The number of benzene rings is 1. The van der Waals surface area contributed by atoms with Crippen LogP contribution >= 0.6 is 11.8 Å². The Morgan fingerprint density at radius 1 is 1.41 bits per heavy atom. The number of amides is 2. The van der Waals surface area contributed by atoms with Gasteiger partial charge in [-0.15, -0.1) is 0 Å². The third-order valence-electron chi connectivity index (χ3n) is 3.68. The van der Waals surface area contributed by atoms with E-state index in [1.807, 2.05) is 35.4 Å². The monoisotopic (exact) mass is 322 g/mol. The maximum absolute atomic E-state index is 12.0. The smallest absolute Gasteiger partial charge is 0.230 e. The Bertz CT molecular complexity index is 519. The standard InChI is InChI=1S/C16H22N2O3S/c1-21-14-5-3-12(4-6-14)7-8-18-10-13(9-16(18)20)17-15(19)11-22-2/h3-6,13H,7-11H2,1-2H3,(H,17,19)/t13-/m0/s1. The molecular weight excluding hydrogens is 300 g/mol. The van der Waals surface area contributed by atoms with Gasteiger partial charge in [0.05, 0.1) is 18.9 Å². The number of likely N-dealkylation sites (tertiary alicyclic amines) is 1. The molecule has 1 aromatic rings. The van der Waals surface area contributed by atoms with Crippen LogP contribution in [0.4, 0.5) is 0 Å². The van der Waals surface area contributed by atoms with Crippen molar-refractivity contribution >= 4 is 23.6 Å². The Morgan fingerprint density at radius 3 is 2.77 bits per heavy atom. The molecule has 0 aromatic heterocycles. The Kier molecular flexibility index (Phi) is 6.12. The SMILES string of the molecule is COc1ccc(CCN2C[C@@H](NC(=O)CSC)CC2=O)cc1. The number of thioether (sulfide) groups is 1. The molecule has 0 saturated carbocycles. The second-order valence-corrected chi connectivity index (χ2v) is 6.21. The topological polar surface area (TPSA) is 58.6 Å². The Balaban J connectivity index is 1.80. The minimum absolute atomic E-state index is 0.00213. The highest BCUT2D eigenvalue weighted by Crippen LogP contribution is 2.15. The van der Waals surface area contributed by atoms with E-state index in [1.165, 1.54) is 17.3 Å². The van der Waals surface area contributed by atoms with Crippen molar-refractivity contribution in [3.05, 3.63) is 29.8 Å². The lowest BCUT2D eigenvalue weighted by molar-refractivity contribution is -0.127. The van der Waals surface area contributed by atoms with Crippen LogP contribution in [0.3, 0.4) is 0 Å². The van der Waals surface area contributed by atoms with Gasteiger partial charge >= 0.3 is 0 Å². The number of rotatable bonds is 7. The summed E-state index contributed by atoms with van der Waals surface area (Å²) in [4.78, 5) is 25.4. The molecule has 1 fully saturated rings. The van der Waals surface area contributed by atoms with Crippen LogP contribution in [0.25, 0.3) is 0 Å². The van der Waals surface area contributed by atoms with Gasteiger partial charge in [-0.05, 0) is 30.4 Å². The minimum atomic E-state index is -0.0528. The van der Waals surface area contributed by atoms with Gasteiger partial charge in [-0.25, -0.2) is 0 Å². The van der Waals surface area contributed by atoms with Gasteiger partial charge in [0.1, 0.15) is 5.75 Å². The first-order chi connectivity index (χ1) is 10.6. The van der Waals surface area contributed by atoms with Crippen LogP contribution in [0.5, 0.6) is 5.75 Å². The predicted octanol–water partition coefficient (Wildman–Crippen LogP) is 1.32. The van der Waals surface area contributed by atoms with E-state index in [-0.39, 0.29) is 17.9 Å². The first-order valence-corrected chi connectivity index (χ1v) is 8.70. The maximum Gasteiger partial charge on any atom is 0.230 e. The van der Waals surface area contributed by atoms with Crippen LogP contribution in [0.1, 0.15) is 12.0 Å². The molecule has 6 heteroatoms. The first-order valence-electron chi connectivity index (χ1n) is 7.31. The van der Waals surface area contributed by atoms with Gasteiger partial charge < -0.3 is 15.0 Å². The van der Waals surface area contributed by atoms with Gasteiger partial charge in [-0.2, -0.15) is 11.8 Å². The van der Waals surface area contributed by atoms with Crippen LogP contribution in [0.2, 0.25) is 0 Å². The number of nitrogens with one attached hydrogen (secondary N) is 1. The largest absolute Gasteiger partial charge is 0.497 e. The zero-order chi connectivity index (χ0) is 15.9. The normalized spacial score (nSPS) is 17.6. The van der Waals surface area contributed by atoms with Gasteiger partial charge in [0.25, 0.3) is 0 Å². The summed E-state index contributed by atoms with van der Waals surface area (Å²) in [7, 11) is 1.64. The number of carbonyl (C=O) groups excluding carboxylic acids is 2. The summed E-state index contributed by atoms with van der Waals surface area (Å²) in [6.07, 6.45) is 3.10. The Hall–Kier alpha value is -1.69. The lowest BCUT2D eigenvalue weighted by Gasteiger charge is -2.17. The fourth-order valence-corrected chi connectivity index (χ4v) is 2.89. The van der Waals surface area contributed by atoms with Gasteiger partial charge in [0.15, 0.2) is 0 Å². The molecular formula is C16H22N2O3S. The molecule has 22 heavy (non-hydrogen) atoms. The summed E-state index contributed by atoms with van der Waals surface area (Å²) in [5, 5.41) is 2.91. The average molecular weight is 322 g/mol. The molecule has 2 amide bonds. The van der Waals surface area contributed by atoms with E-state index in [0.29, 0.717) is 25.3 Å². The van der Waals surface area contributed by atoms with Gasteiger partial charge in [0, 0.05) is 19.5 Å². The lowest BCUT2D eigenvalue weighted by atomic mass is 10.1. The Labute approximate surface area is 135 Å². The highest BCUT2D eigenvalue weighted by molar-refractivity contribution is 7.99. The van der Waals surface area contributed by atoms with Crippen molar-refractivity contribution in [2.75, 3.05) is 32.2 Å². The number of nitrogens with zero attached hydrogens (tertiary/aromatic N) is 1. The molecule has 1 N–H and O–H groups in total. The zero-order valence-electron chi connectivity index (χ0n) is 13.0. The maximum atomic E-state index is 12.0. The van der Waals surface area contributed by atoms with E-state index in [0.717, 1.165) is 12.2 Å². The zero-order valence-corrected chi connectivity index (χ0v) is 13.8. The highest BCUT2D eigenvalue weighted by atomic mass is 32.2. The second-order valence-electron chi connectivity index (χ2n) is 5.34.